The molecule has 0 unspecified atom stereocenters. The van der Waals surface area contributed by atoms with Crippen LogP contribution in [0.3, 0.4) is 0 Å². The van der Waals surface area contributed by atoms with Crippen molar-refractivity contribution in [3.05, 3.63) is 44.2 Å². The molecule has 3 rings (SSSR count). The van der Waals surface area contributed by atoms with Crippen molar-refractivity contribution < 1.29 is 14.6 Å². The van der Waals surface area contributed by atoms with Crippen LogP contribution < -0.4 is 20.9 Å². The normalized spacial score (nSPS) is 14.2. The summed E-state index contributed by atoms with van der Waals surface area (Å²) in [5.74, 6) is -0.578. The highest BCUT2D eigenvalue weighted by Crippen LogP contribution is 2.33. The van der Waals surface area contributed by atoms with Crippen LogP contribution in [0.1, 0.15) is 23.2 Å². The Morgan fingerprint density at radius 3 is 2.57 bits per heavy atom. The van der Waals surface area contributed by atoms with Gasteiger partial charge in [0.1, 0.15) is 5.69 Å². The number of likely N-dealkylation sites (tertiary alicyclic amines) is 1. The molecular formula is C16H16N2O5. The Hall–Kier alpha value is -2.83. The quantitative estimate of drug-likeness (QED) is 0.645. The number of hydrogen-bond donors (Lipinski definition) is 2. The highest BCUT2D eigenvalue weighted by atomic mass is 16.5. The van der Waals surface area contributed by atoms with Crippen LogP contribution in [0.25, 0.3) is 0 Å². The molecule has 1 saturated heterocycles. The zero-order valence-electron chi connectivity index (χ0n) is 12.6. The van der Waals surface area contributed by atoms with Crippen molar-refractivity contribution >= 4 is 17.3 Å². The van der Waals surface area contributed by atoms with E-state index in [9.17, 15) is 19.5 Å². The first-order valence-electron chi connectivity index (χ1n) is 7.30. The Morgan fingerprint density at radius 1 is 1.22 bits per heavy atom. The zero-order chi connectivity index (χ0) is 16.6. The Balaban J connectivity index is 1.91. The molecule has 0 radical (unpaired) electrons. The molecule has 0 saturated carbocycles. The van der Waals surface area contributed by atoms with Crippen molar-refractivity contribution in [3.8, 4) is 11.5 Å². The average molecular weight is 316 g/mol. The number of aromatic hydroxyl groups is 1. The minimum Gasteiger partial charge on any atom is -0.505 e. The first-order valence-corrected chi connectivity index (χ1v) is 7.30. The summed E-state index contributed by atoms with van der Waals surface area (Å²) in [5.41, 5.74) is -1.09. The third-order valence-corrected chi connectivity index (χ3v) is 3.99. The molecule has 1 heterocycles. The van der Waals surface area contributed by atoms with E-state index in [0.29, 0.717) is 13.1 Å². The Morgan fingerprint density at radius 2 is 1.91 bits per heavy atom. The molecule has 0 atom stereocenters. The van der Waals surface area contributed by atoms with Crippen molar-refractivity contribution in [2.45, 2.75) is 12.8 Å². The number of methoxy groups -OCH3 is 1. The van der Waals surface area contributed by atoms with Gasteiger partial charge in [0.15, 0.2) is 11.5 Å². The van der Waals surface area contributed by atoms with Crippen LogP contribution in [0.15, 0.2) is 27.8 Å². The highest BCUT2D eigenvalue weighted by Gasteiger charge is 2.26. The van der Waals surface area contributed by atoms with Gasteiger partial charge in [-0.25, -0.2) is 0 Å². The average Bonchev–Trinajstić information content (AvgIpc) is 3.09. The van der Waals surface area contributed by atoms with E-state index in [4.69, 9.17) is 4.74 Å². The number of benzene rings is 1. The van der Waals surface area contributed by atoms with E-state index < -0.39 is 10.9 Å². The molecule has 1 aliphatic heterocycles. The Labute approximate surface area is 131 Å². The number of amides is 1. The van der Waals surface area contributed by atoms with Crippen molar-refractivity contribution in [1.29, 1.82) is 0 Å². The third-order valence-electron chi connectivity index (χ3n) is 3.99. The molecule has 7 heteroatoms. The molecule has 2 aromatic carbocycles. The molecule has 1 aliphatic rings. The van der Waals surface area contributed by atoms with Gasteiger partial charge in [0.2, 0.25) is 0 Å². The van der Waals surface area contributed by atoms with Gasteiger partial charge in [0, 0.05) is 13.1 Å². The van der Waals surface area contributed by atoms with E-state index in [-0.39, 0.29) is 34.3 Å². The molecule has 0 bridgehead atoms. The van der Waals surface area contributed by atoms with Gasteiger partial charge < -0.3 is 20.1 Å². The summed E-state index contributed by atoms with van der Waals surface area (Å²) >= 11 is 0. The molecule has 0 spiro atoms. The van der Waals surface area contributed by atoms with Crippen LogP contribution in [0.4, 0.5) is 11.4 Å². The first kappa shape index (κ1) is 15.1. The molecule has 0 aromatic heterocycles. The molecule has 120 valence electrons. The maximum atomic E-state index is 12.4. The summed E-state index contributed by atoms with van der Waals surface area (Å²) in [6, 6.07) is 4.65. The summed E-state index contributed by atoms with van der Waals surface area (Å²) in [7, 11) is 1.29. The summed E-state index contributed by atoms with van der Waals surface area (Å²) in [5, 5.41) is 13.0. The number of anilines is 2. The number of nitrogens with zero attached hydrogens (tertiary/aromatic N) is 1. The topological polar surface area (TPSA) is 95.9 Å². The van der Waals surface area contributed by atoms with E-state index in [1.807, 2.05) is 0 Å². The number of hydrogen-bond acceptors (Lipinski definition) is 6. The molecule has 23 heavy (non-hydrogen) atoms. The van der Waals surface area contributed by atoms with Gasteiger partial charge in [0.05, 0.1) is 18.4 Å². The van der Waals surface area contributed by atoms with Gasteiger partial charge in [-0.15, -0.1) is 0 Å². The zero-order valence-corrected chi connectivity index (χ0v) is 12.6. The second kappa shape index (κ2) is 5.75. The lowest BCUT2D eigenvalue weighted by molar-refractivity contribution is 0.0790. The minimum atomic E-state index is -0.711. The number of phenols is 1. The lowest BCUT2D eigenvalue weighted by atomic mass is 10.1. The van der Waals surface area contributed by atoms with Gasteiger partial charge in [-0.1, -0.05) is 6.07 Å². The number of carbonyl (C=O) groups is 1. The molecule has 2 N–H and O–H groups in total. The minimum absolute atomic E-state index is 0.0152. The van der Waals surface area contributed by atoms with E-state index in [2.05, 4.69) is 5.32 Å². The lowest BCUT2D eigenvalue weighted by Crippen LogP contribution is -2.34. The molecule has 1 amide bonds. The number of carbonyl (C=O) groups excluding carboxylic acids is 1. The monoisotopic (exact) mass is 316 g/mol. The van der Waals surface area contributed by atoms with Gasteiger partial charge in [0.25, 0.3) is 16.8 Å². The van der Waals surface area contributed by atoms with Crippen LogP contribution in [0.5, 0.6) is 11.5 Å². The molecule has 2 aromatic rings. The van der Waals surface area contributed by atoms with Crippen molar-refractivity contribution in [2.75, 3.05) is 25.5 Å². The maximum Gasteiger partial charge on any atom is 0.272 e. The standard InChI is InChI=1S/C16H16N2O5/c1-23-15-11(13(20)14(15)21)17-10-6-4-5-9(12(10)19)16(22)18-7-2-3-8-18/h4-6,17,19H,2-3,7-8H2,1H3. The van der Waals surface area contributed by atoms with Crippen molar-refractivity contribution in [1.82, 2.24) is 4.90 Å². The molecule has 0 aliphatic carbocycles. The van der Waals surface area contributed by atoms with E-state index in [0.717, 1.165) is 12.8 Å². The summed E-state index contributed by atoms with van der Waals surface area (Å²) < 4.78 is 4.84. The predicted octanol–water partition coefficient (Wildman–Crippen LogP) is 0.976. The predicted molar refractivity (Wildman–Crippen MR) is 84.4 cm³/mol. The van der Waals surface area contributed by atoms with Crippen LogP contribution >= 0.6 is 0 Å². The lowest BCUT2D eigenvalue weighted by Gasteiger charge is -2.18. The first-order chi connectivity index (χ1) is 11.0. The van der Waals surface area contributed by atoms with E-state index in [1.165, 1.54) is 19.2 Å². The number of phenolic OH excluding ortho intramolecular Hbond substituents is 1. The summed E-state index contributed by atoms with van der Waals surface area (Å²) in [6.45, 7) is 1.34. The van der Waals surface area contributed by atoms with Gasteiger partial charge in [-0.3, -0.25) is 14.4 Å². The smallest absolute Gasteiger partial charge is 0.272 e. The second-order valence-corrected chi connectivity index (χ2v) is 5.39. The fraction of sp³-hybridized carbons (Fsp3) is 0.312. The third kappa shape index (κ3) is 2.44. The van der Waals surface area contributed by atoms with Crippen LogP contribution in [-0.4, -0.2) is 36.1 Å². The van der Waals surface area contributed by atoms with Crippen molar-refractivity contribution in [3.63, 3.8) is 0 Å². The summed E-state index contributed by atoms with van der Waals surface area (Å²) in [4.78, 5) is 37.0. The maximum absolute atomic E-state index is 12.4. The fourth-order valence-corrected chi connectivity index (χ4v) is 2.72. The second-order valence-electron chi connectivity index (χ2n) is 5.39. The molecule has 7 nitrogen and oxygen atoms in total. The number of ether oxygens (including phenoxy) is 1. The van der Waals surface area contributed by atoms with E-state index in [1.54, 1.807) is 11.0 Å². The SMILES string of the molecule is COc1c(Nc2cccc(C(=O)N3CCCC3)c2O)c(=O)c1=O. The molecular weight excluding hydrogens is 300 g/mol. The van der Waals surface area contributed by atoms with Gasteiger partial charge in [-0.2, -0.15) is 0 Å². The number of para-hydroxylation sites is 1. The van der Waals surface area contributed by atoms with Gasteiger partial charge in [-0.05, 0) is 25.0 Å². The highest BCUT2D eigenvalue weighted by molar-refractivity contribution is 5.99. The fourth-order valence-electron chi connectivity index (χ4n) is 2.72. The van der Waals surface area contributed by atoms with Crippen LogP contribution in [0.2, 0.25) is 0 Å². The van der Waals surface area contributed by atoms with Crippen molar-refractivity contribution in [2.24, 2.45) is 0 Å². The Kier molecular flexibility index (Phi) is 3.77. The summed E-state index contributed by atoms with van der Waals surface area (Å²) in [6.07, 6.45) is 1.90. The Bertz CT molecular complexity index is 830. The van der Waals surface area contributed by atoms with Crippen LogP contribution in [-0.2, 0) is 0 Å². The number of rotatable bonds is 4. The van der Waals surface area contributed by atoms with Crippen LogP contribution in [0, 0.1) is 0 Å². The van der Waals surface area contributed by atoms with E-state index >= 15 is 0 Å². The van der Waals surface area contributed by atoms with Gasteiger partial charge >= 0.3 is 0 Å². The number of nitrogens with one attached hydrogen (secondary N) is 1. The molecule has 1 fully saturated rings. The largest absolute Gasteiger partial charge is 0.505 e.